The van der Waals surface area contributed by atoms with Gasteiger partial charge in [0.25, 0.3) is 5.91 Å². The van der Waals surface area contributed by atoms with E-state index in [-0.39, 0.29) is 22.4 Å². The predicted octanol–water partition coefficient (Wildman–Crippen LogP) is 5.41. The largest absolute Gasteiger partial charge is 0.586 e. The van der Waals surface area contributed by atoms with Crippen LogP contribution in [0.15, 0.2) is 52.7 Å². The lowest BCUT2D eigenvalue weighted by atomic mass is 10.0. The first-order valence-corrected chi connectivity index (χ1v) is 8.85. The summed E-state index contributed by atoms with van der Waals surface area (Å²) in [7, 11) is 0. The van der Waals surface area contributed by atoms with Gasteiger partial charge in [0.15, 0.2) is 11.5 Å². The second kappa shape index (κ2) is 6.60. The molecule has 0 saturated heterocycles. The monoisotopic (exact) mass is 404 g/mol. The molecule has 0 spiro atoms. The van der Waals surface area contributed by atoms with E-state index in [0.29, 0.717) is 28.9 Å². The second-order valence-corrected chi connectivity index (χ2v) is 7.04. The maximum absolute atomic E-state index is 13.2. The number of nitrogens with one attached hydrogen (secondary N) is 1. The van der Waals surface area contributed by atoms with Crippen molar-refractivity contribution in [1.82, 2.24) is 0 Å². The predicted molar refractivity (Wildman–Crippen MR) is 102 cm³/mol. The molecule has 4 rings (SSSR count). The van der Waals surface area contributed by atoms with Gasteiger partial charge in [-0.1, -0.05) is 23.7 Å². The van der Waals surface area contributed by atoms with Gasteiger partial charge in [0, 0.05) is 29.4 Å². The lowest BCUT2D eigenvalue weighted by Crippen LogP contribution is -2.25. The smallest absolute Gasteiger partial charge is 0.395 e. The summed E-state index contributed by atoms with van der Waals surface area (Å²) >= 11 is 6.20. The van der Waals surface area contributed by atoms with Crippen LogP contribution < -0.4 is 14.8 Å². The molecule has 0 radical (unpaired) electrons. The van der Waals surface area contributed by atoms with Crippen molar-refractivity contribution in [2.75, 3.05) is 5.32 Å². The molecule has 1 N–H and O–H groups in total. The van der Waals surface area contributed by atoms with E-state index >= 15 is 0 Å². The molecule has 5 nitrogen and oxygen atoms in total. The highest BCUT2D eigenvalue weighted by molar-refractivity contribution is 6.33. The normalized spacial score (nSPS) is 17.0. The number of anilines is 1. The Labute approximate surface area is 164 Å². The Morgan fingerprint density at radius 1 is 1.14 bits per heavy atom. The number of halogens is 3. The Balaban J connectivity index is 1.55. The van der Waals surface area contributed by atoms with Crippen LogP contribution in [0.5, 0.6) is 11.5 Å². The van der Waals surface area contributed by atoms with Crippen molar-refractivity contribution in [1.29, 1.82) is 0 Å². The fourth-order valence-electron chi connectivity index (χ4n) is 3.15. The molecule has 2 heterocycles. The van der Waals surface area contributed by atoms with Crippen LogP contribution in [0.1, 0.15) is 20.3 Å². The van der Waals surface area contributed by atoms with Crippen LogP contribution in [0.25, 0.3) is 11.1 Å². The van der Waals surface area contributed by atoms with Crippen LogP contribution in [0, 0.1) is 0 Å². The average Bonchev–Trinajstić information content (AvgIpc) is 3.11. The average molecular weight is 405 g/mol. The second-order valence-electron chi connectivity index (χ2n) is 6.63. The van der Waals surface area contributed by atoms with Gasteiger partial charge in [-0.15, -0.1) is 8.78 Å². The topological polar surface area (TPSA) is 59.9 Å². The van der Waals surface area contributed by atoms with Gasteiger partial charge in [-0.25, -0.2) is 0 Å². The summed E-state index contributed by atoms with van der Waals surface area (Å²) in [6.45, 7) is 3.76. The quantitative estimate of drug-likeness (QED) is 0.744. The standard InChI is InChI=1S/C20H15ClF2N2O3/c1-10-7-11(2)24-18(10)19(26)25-13-5-3-12(4-6-13)14-8-16-17(9-15(14)21)28-20(22,23)27-16/h3-6,8-9H,7H2,1-2H3,(H,25,26). The third-order valence-electron chi connectivity index (χ3n) is 4.39. The number of hydrogen-bond acceptors (Lipinski definition) is 4. The summed E-state index contributed by atoms with van der Waals surface area (Å²) in [5.74, 6) is -0.470. The number of aliphatic imine (C=N–C) groups is 1. The Hall–Kier alpha value is -2.93. The molecule has 0 unspecified atom stereocenters. The minimum absolute atomic E-state index is 0.0846. The summed E-state index contributed by atoms with van der Waals surface area (Å²) < 4.78 is 35.3. The number of allylic oxidation sites excluding steroid dienone is 1. The van der Waals surface area contributed by atoms with Crippen LogP contribution >= 0.6 is 11.6 Å². The van der Waals surface area contributed by atoms with Crippen LogP contribution in [-0.4, -0.2) is 17.9 Å². The zero-order valence-corrected chi connectivity index (χ0v) is 15.7. The molecule has 0 bridgehead atoms. The lowest BCUT2D eigenvalue weighted by Gasteiger charge is -2.09. The molecule has 0 fully saturated rings. The van der Waals surface area contributed by atoms with Crippen LogP contribution in [0.2, 0.25) is 5.02 Å². The third-order valence-corrected chi connectivity index (χ3v) is 4.70. The van der Waals surface area contributed by atoms with Crippen molar-refractivity contribution in [3.05, 3.63) is 52.7 Å². The number of amides is 1. The van der Waals surface area contributed by atoms with Gasteiger partial charge in [0.2, 0.25) is 0 Å². The van der Waals surface area contributed by atoms with Gasteiger partial charge in [-0.05, 0) is 43.2 Å². The van der Waals surface area contributed by atoms with Crippen molar-refractivity contribution in [3.63, 3.8) is 0 Å². The molecule has 0 atom stereocenters. The number of hydrogen-bond donors (Lipinski definition) is 1. The van der Waals surface area contributed by atoms with Crippen molar-refractivity contribution in [2.45, 2.75) is 26.6 Å². The van der Waals surface area contributed by atoms with Gasteiger partial charge < -0.3 is 14.8 Å². The molecule has 0 aromatic heterocycles. The molecule has 1 amide bonds. The molecular formula is C20H15ClF2N2O3. The number of carbonyl (C=O) groups excluding carboxylic acids is 1. The fraction of sp³-hybridized carbons (Fsp3) is 0.200. The SMILES string of the molecule is CC1=NC(C(=O)Nc2ccc(-c3cc4c(cc3Cl)OC(F)(F)O4)cc2)=C(C)C1. The molecule has 2 aromatic rings. The van der Waals surface area contributed by atoms with Crippen molar-refractivity contribution >= 4 is 28.9 Å². The van der Waals surface area contributed by atoms with Gasteiger partial charge in [-0.2, -0.15) is 0 Å². The molecule has 0 saturated carbocycles. The van der Waals surface area contributed by atoms with Crippen LogP contribution in [-0.2, 0) is 4.79 Å². The number of alkyl halides is 2. The molecule has 2 aliphatic rings. The maximum Gasteiger partial charge on any atom is 0.586 e. The summed E-state index contributed by atoms with van der Waals surface area (Å²) in [4.78, 5) is 16.6. The summed E-state index contributed by atoms with van der Waals surface area (Å²) in [5, 5.41) is 3.04. The van der Waals surface area contributed by atoms with E-state index in [1.165, 1.54) is 12.1 Å². The van der Waals surface area contributed by atoms with Gasteiger partial charge in [-0.3, -0.25) is 9.79 Å². The molecule has 2 aromatic carbocycles. The van der Waals surface area contributed by atoms with Crippen molar-refractivity contribution in [2.24, 2.45) is 4.99 Å². The molecular weight excluding hydrogens is 390 g/mol. The van der Waals surface area contributed by atoms with Gasteiger partial charge >= 0.3 is 6.29 Å². The first-order chi connectivity index (χ1) is 13.2. The first kappa shape index (κ1) is 18.4. The van der Waals surface area contributed by atoms with Crippen molar-refractivity contribution in [3.8, 4) is 22.6 Å². The Morgan fingerprint density at radius 2 is 1.79 bits per heavy atom. The van der Waals surface area contributed by atoms with E-state index in [1.54, 1.807) is 24.3 Å². The summed E-state index contributed by atoms with van der Waals surface area (Å²) in [6, 6.07) is 9.53. The molecule has 8 heteroatoms. The van der Waals surface area contributed by atoms with Crippen molar-refractivity contribution < 1.29 is 23.0 Å². The van der Waals surface area contributed by atoms with Gasteiger partial charge in [0.1, 0.15) is 5.70 Å². The highest BCUT2D eigenvalue weighted by Crippen LogP contribution is 2.46. The Morgan fingerprint density at radius 3 is 2.39 bits per heavy atom. The number of fused-ring (bicyclic) bond motifs is 1. The van der Waals surface area contributed by atoms with E-state index in [2.05, 4.69) is 19.8 Å². The van der Waals surface area contributed by atoms with Crippen LogP contribution in [0.4, 0.5) is 14.5 Å². The lowest BCUT2D eigenvalue weighted by molar-refractivity contribution is -0.286. The molecule has 28 heavy (non-hydrogen) atoms. The van der Waals surface area contributed by atoms with E-state index < -0.39 is 6.29 Å². The number of rotatable bonds is 3. The fourth-order valence-corrected chi connectivity index (χ4v) is 3.42. The van der Waals surface area contributed by atoms with Crippen LogP contribution in [0.3, 0.4) is 0 Å². The Bertz CT molecular complexity index is 1050. The van der Waals surface area contributed by atoms with E-state index in [4.69, 9.17) is 11.6 Å². The number of benzene rings is 2. The molecule has 144 valence electrons. The van der Waals surface area contributed by atoms with E-state index in [9.17, 15) is 13.6 Å². The molecule has 0 aliphatic carbocycles. The first-order valence-electron chi connectivity index (χ1n) is 8.47. The zero-order valence-electron chi connectivity index (χ0n) is 15.0. The third kappa shape index (κ3) is 3.45. The Kier molecular flexibility index (Phi) is 4.34. The highest BCUT2D eigenvalue weighted by Gasteiger charge is 2.43. The minimum Gasteiger partial charge on any atom is -0.395 e. The number of carbonyl (C=O) groups is 1. The zero-order chi connectivity index (χ0) is 20.1. The maximum atomic E-state index is 13.2. The summed E-state index contributed by atoms with van der Waals surface area (Å²) in [6.07, 6.45) is -3.00. The van der Waals surface area contributed by atoms with E-state index in [0.717, 1.165) is 11.3 Å². The summed E-state index contributed by atoms with van der Waals surface area (Å²) in [5.41, 5.74) is 4.03. The minimum atomic E-state index is -3.70. The van der Waals surface area contributed by atoms with Gasteiger partial charge in [0.05, 0.1) is 5.02 Å². The van der Waals surface area contributed by atoms with E-state index in [1.807, 2.05) is 13.8 Å². The number of nitrogens with zero attached hydrogens (tertiary/aromatic N) is 1. The highest BCUT2D eigenvalue weighted by atomic mass is 35.5. The number of ether oxygens (including phenoxy) is 2. The molecule has 2 aliphatic heterocycles.